The van der Waals surface area contributed by atoms with E-state index in [1.807, 2.05) is 48.5 Å². The van der Waals surface area contributed by atoms with E-state index in [2.05, 4.69) is 14.7 Å². The Bertz CT molecular complexity index is 1190. The molecule has 134 valence electrons. The van der Waals surface area contributed by atoms with Crippen LogP contribution in [0.4, 0.5) is 0 Å². The van der Waals surface area contributed by atoms with Crippen LogP contribution in [0.5, 0.6) is 0 Å². The Hall–Kier alpha value is -3.09. The van der Waals surface area contributed by atoms with Crippen LogP contribution in [0, 0.1) is 0 Å². The molecular weight excluding hydrogens is 358 g/mol. The lowest BCUT2D eigenvalue weighted by Gasteiger charge is -2.11. The molecule has 2 aromatic carbocycles. The lowest BCUT2D eigenvalue weighted by Crippen LogP contribution is -2.23. The van der Waals surface area contributed by atoms with Crippen LogP contribution in [0.25, 0.3) is 22.0 Å². The topological polar surface area (TPSA) is 72.0 Å². The molecule has 0 unspecified atom stereocenters. The number of nitrogens with one attached hydrogen (secondary N) is 1. The Morgan fingerprint density at radius 2 is 1.59 bits per heavy atom. The van der Waals surface area contributed by atoms with Crippen LogP contribution in [-0.2, 0) is 16.6 Å². The molecule has 4 aromatic rings. The number of nitrogens with zero attached hydrogens (tertiary/aromatic N) is 2. The highest BCUT2D eigenvalue weighted by molar-refractivity contribution is 7.89. The van der Waals surface area contributed by atoms with Crippen molar-refractivity contribution in [3.63, 3.8) is 0 Å². The summed E-state index contributed by atoms with van der Waals surface area (Å²) in [5.41, 5.74) is 2.43. The molecule has 0 saturated heterocycles. The molecule has 0 aliphatic rings. The second-order valence-corrected chi connectivity index (χ2v) is 7.85. The quantitative estimate of drug-likeness (QED) is 0.576. The third-order valence-corrected chi connectivity index (χ3v) is 5.73. The van der Waals surface area contributed by atoms with Crippen LogP contribution in [0.1, 0.15) is 5.56 Å². The molecular formula is C21H17N3O2S. The minimum absolute atomic E-state index is 0.153. The summed E-state index contributed by atoms with van der Waals surface area (Å²) in [7, 11) is -3.64. The van der Waals surface area contributed by atoms with Crippen LogP contribution in [0.3, 0.4) is 0 Å². The van der Waals surface area contributed by atoms with E-state index in [0.717, 1.165) is 27.6 Å². The fraction of sp³-hybridized carbons (Fsp3) is 0.0476. The number of pyridine rings is 2. The zero-order valence-corrected chi connectivity index (χ0v) is 15.2. The standard InChI is InChI=1S/C21H17N3O2S/c25-27(26,20-8-7-16-4-1-2-5-18(16)14-20)24-15-19-6-3-11-23-21(19)17-9-12-22-13-10-17/h1-14,24H,15H2. The van der Waals surface area contributed by atoms with E-state index >= 15 is 0 Å². The Balaban J connectivity index is 1.61. The minimum Gasteiger partial charge on any atom is -0.265 e. The van der Waals surface area contributed by atoms with Crippen molar-refractivity contribution in [2.75, 3.05) is 0 Å². The lowest BCUT2D eigenvalue weighted by molar-refractivity contribution is 0.581. The molecule has 0 atom stereocenters. The second-order valence-electron chi connectivity index (χ2n) is 6.08. The van der Waals surface area contributed by atoms with Gasteiger partial charge in [0, 0.05) is 30.7 Å². The first-order valence-electron chi connectivity index (χ1n) is 8.46. The fourth-order valence-corrected chi connectivity index (χ4v) is 3.98. The van der Waals surface area contributed by atoms with Crippen LogP contribution in [-0.4, -0.2) is 18.4 Å². The van der Waals surface area contributed by atoms with Crippen molar-refractivity contribution in [2.24, 2.45) is 0 Å². The number of hydrogen-bond acceptors (Lipinski definition) is 4. The number of rotatable bonds is 5. The van der Waals surface area contributed by atoms with Gasteiger partial charge in [0.15, 0.2) is 0 Å². The maximum absolute atomic E-state index is 12.8. The van der Waals surface area contributed by atoms with E-state index in [1.54, 1.807) is 36.8 Å². The highest BCUT2D eigenvalue weighted by Gasteiger charge is 2.16. The summed E-state index contributed by atoms with van der Waals surface area (Å²) in [6.07, 6.45) is 5.07. The molecule has 5 nitrogen and oxygen atoms in total. The van der Waals surface area contributed by atoms with Crippen LogP contribution in [0.15, 0.2) is 90.2 Å². The molecule has 0 amide bonds. The van der Waals surface area contributed by atoms with Crippen molar-refractivity contribution in [1.82, 2.24) is 14.7 Å². The second kappa shape index (κ2) is 7.26. The van der Waals surface area contributed by atoms with Crippen molar-refractivity contribution >= 4 is 20.8 Å². The maximum Gasteiger partial charge on any atom is 0.240 e. The molecule has 0 aliphatic heterocycles. The highest BCUT2D eigenvalue weighted by atomic mass is 32.2. The normalized spacial score (nSPS) is 11.6. The predicted octanol–water partition coefficient (Wildman–Crippen LogP) is 3.78. The van der Waals surface area contributed by atoms with E-state index in [4.69, 9.17) is 0 Å². The average Bonchev–Trinajstić information content (AvgIpc) is 2.73. The Kier molecular flexibility index (Phi) is 4.66. The third kappa shape index (κ3) is 3.72. The van der Waals surface area contributed by atoms with Gasteiger partial charge in [0.25, 0.3) is 0 Å². The first kappa shape index (κ1) is 17.3. The molecule has 2 heterocycles. The largest absolute Gasteiger partial charge is 0.265 e. The molecule has 0 fully saturated rings. The summed E-state index contributed by atoms with van der Waals surface area (Å²) in [5.74, 6) is 0. The van der Waals surface area contributed by atoms with Gasteiger partial charge in [-0.2, -0.15) is 0 Å². The number of hydrogen-bond donors (Lipinski definition) is 1. The molecule has 2 aromatic heterocycles. The van der Waals surface area contributed by atoms with E-state index in [0.29, 0.717) is 0 Å². The number of benzene rings is 2. The molecule has 0 radical (unpaired) electrons. The number of aromatic nitrogens is 2. The molecule has 0 spiro atoms. The van der Waals surface area contributed by atoms with Crippen LogP contribution < -0.4 is 4.72 Å². The first-order valence-corrected chi connectivity index (χ1v) is 9.94. The highest BCUT2D eigenvalue weighted by Crippen LogP contribution is 2.22. The Morgan fingerprint density at radius 1 is 0.815 bits per heavy atom. The maximum atomic E-state index is 12.8. The predicted molar refractivity (Wildman–Crippen MR) is 105 cm³/mol. The van der Waals surface area contributed by atoms with Crippen molar-refractivity contribution < 1.29 is 8.42 Å². The van der Waals surface area contributed by atoms with Crippen molar-refractivity contribution in [3.8, 4) is 11.3 Å². The lowest BCUT2D eigenvalue weighted by atomic mass is 10.1. The van der Waals surface area contributed by atoms with Gasteiger partial charge in [-0.05, 0) is 46.7 Å². The van der Waals surface area contributed by atoms with Gasteiger partial charge >= 0.3 is 0 Å². The van der Waals surface area contributed by atoms with Gasteiger partial charge < -0.3 is 0 Å². The van der Waals surface area contributed by atoms with Gasteiger partial charge in [-0.3, -0.25) is 9.97 Å². The van der Waals surface area contributed by atoms with Gasteiger partial charge in [-0.25, -0.2) is 13.1 Å². The molecule has 0 bridgehead atoms. The molecule has 6 heteroatoms. The van der Waals surface area contributed by atoms with E-state index in [-0.39, 0.29) is 11.4 Å². The van der Waals surface area contributed by atoms with Crippen molar-refractivity contribution in [2.45, 2.75) is 11.4 Å². The fourth-order valence-electron chi connectivity index (χ4n) is 2.94. The molecule has 0 saturated carbocycles. The first-order chi connectivity index (χ1) is 13.1. The SMILES string of the molecule is O=S(=O)(NCc1cccnc1-c1ccncc1)c1ccc2ccccc2c1. The summed E-state index contributed by atoms with van der Waals surface area (Å²) < 4.78 is 28.2. The molecule has 1 N–H and O–H groups in total. The van der Waals surface area contributed by atoms with Crippen LogP contribution >= 0.6 is 0 Å². The van der Waals surface area contributed by atoms with Crippen LogP contribution in [0.2, 0.25) is 0 Å². The summed E-state index contributed by atoms with van der Waals surface area (Å²) >= 11 is 0. The molecule has 4 rings (SSSR count). The summed E-state index contributed by atoms with van der Waals surface area (Å²) in [5, 5.41) is 1.89. The summed E-state index contributed by atoms with van der Waals surface area (Å²) in [6.45, 7) is 0.153. The van der Waals surface area contributed by atoms with Crippen molar-refractivity contribution in [1.29, 1.82) is 0 Å². The molecule has 0 aliphatic carbocycles. The third-order valence-electron chi connectivity index (χ3n) is 4.33. The Morgan fingerprint density at radius 3 is 2.41 bits per heavy atom. The molecule has 27 heavy (non-hydrogen) atoms. The van der Waals surface area contributed by atoms with Gasteiger partial charge in [-0.1, -0.05) is 36.4 Å². The Labute approximate surface area is 157 Å². The van der Waals surface area contributed by atoms with Gasteiger partial charge in [0.2, 0.25) is 10.0 Å². The zero-order valence-electron chi connectivity index (χ0n) is 14.4. The number of fused-ring (bicyclic) bond motifs is 1. The van der Waals surface area contributed by atoms with Gasteiger partial charge in [-0.15, -0.1) is 0 Å². The van der Waals surface area contributed by atoms with E-state index < -0.39 is 10.0 Å². The van der Waals surface area contributed by atoms with Gasteiger partial charge in [0.1, 0.15) is 0 Å². The van der Waals surface area contributed by atoms with E-state index in [9.17, 15) is 8.42 Å². The van der Waals surface area contributed by atoms with E-state index in [1.165, 1.54) is 0 Å². The smallest absolute Gasteiger partial charge is 0.240 e. The monoisotopic (exact) mass is 375 g/mol. The average molecular weight is 375 g/mol. The summed E-state index contributed by atoms with van der Waals surface area (Å²) in [4.78, 5) is 8.66. The van der Waals surface area contributed by atoms with Crippen molar-refractivity contribution in [3.05, 3.63) is 90.9 Å². The zero-order chi connectivity index (χ0) is 18.7. The summed E-state index contributed by atoms with van der Waals surface area (Å²) in [6, 6.07) is 20.2. The minimum atomic E-state index is -3.64. The number of sulfonamides is 1. The van der Waals surface area contributed by atoms with Gasteiger partial charge in [0.05, 0.1) is 10.6 Å².